The van der Waals surface area contributed by atoms with E-state index in [2.05, 4.69) is 48.3 Å². The summed E-state index contributed by atoms with van der Waals surface area (Å²) in [4.78, 5) is 20.4. The molecule has 11 heteroatoms. The number of benzene rings is 1. The fourth-order valence-corrected chi connectivity index (χ4v) is 3.87. The lowest BCUT2D eigenvalue weighted by Gasteiger charge is -2.14. The molecule has 0 saturated heterocycles. The van der Waals surface area contributed by atoms with Gasteiger partial charge in [-0.1, -0.05) is 23.4 Å². The van der Waals surface area contributed by atoms with Crippen LogP contribution in [0.2, 0.25) is 0 Å². The smallest absolute Gasteiger partial charge is 0.221 e. The SMILES string of the molecule is CC(c1cccc(-c2ncc(OCCCN(C)C)cn2)c1)n1nnc2ncc(-c3cnn(C)c3)nc21. The number of nitrogens with zero attached hydrogens (tertiary/aromatic N) is 10. The van der Waals surface area contributed by atoms with E-state index >= 15 is 0 Å². The maximum Gasteiger partial charge on any atom is 0.221 e. The number of aryl methyl sites for hydroxylation is 1. The minimum Gasteiger partial charge on any atom is -0.490 e. The fourth-order valence-electron chi connectivity index (χ4n) is 3.87. The maximum atomic E-state index is 5.75. The molecule has 0 amide bonds. The van der Waals surface area contributed by atoms with Crippen LogP contribution in [-0.4, -0.2) is 76.9 Å². The zero-order valence-electron chi connectivity index (χ0n) is 20.8. The molecule has 0 fully saturated rings. The van der Waals surface area contributed by atoms with Gasteiger partial charge in [0, 0.05) is 30.9 Å². The van der Waals surface area contributed by atoms with Crippen molar-refractivity contribution in [3.05, 3.63) is 60.8 Å². The topological polar surface area (TPSA) is 113 Å². The van der Waals surface area contributed by atoms with Crippen molar-refractivity contribution in [2.45, 2.75) is 19.4 Å². The van der Waals surface area contributed by atoms with Crippen molar-refractivity contribution < 1.29 is 4.74 Å². The Balaban J connectivity index is 1.36. The zero-order valence-corrected chi connectivity index (χ0v) is 20.8. The lowest BCUT2D eigenvalue weighted by atomic mass is 10.0. The Bertz CT molecular complexity index is 1460. The molecule has 5 aromatic rings. The third-order valence-corrected chi connectivity index (χ3v) is 5.83. The van der Waals surface area contributed by atoms with E-state index in [4.69, 9.17) is 9.72 Å². The molecule has 0 aliphatic carbocycles. The van der Waals surface area contributed by atoms with Crippen LogP contribution in [0.1, 0.15) is 24.9 Å². The molecule has 36 heavy (non-hydrogen) atoms. The average Bonchev–Trinajstić information content (AvgIpc) is 3.52. The van der Waals surface area contributed by atoms with E-state index in [1.165, 1.54) is 0 Å². The second kappa shape index (κ2) is 10.2. The number of ether oxygens (including phenoxy) is 1. The number of fused-ring (bicyclic) bond motifs is 1. The minimum absolute atomic E-state index is 0.132. The second-order valence-electron chi connectivity index (χ2n) is 8.89. The van der Waals surface area contributed by atoms with E-state index in [9.17, 15) is 0 Å². The van der Waals surface area contributed by atoms with E-state index in [0.29, 0.717) is 29.5 Å². The summed E-state index contributed by atoms with van der Waals surface area (Å²) >= 11 is 0. The van der Waals surface area contributed by atoms with Gasteiger partial charge in [-0.2, -0.15) is 5.10 Å². The van der Waals surface area contributed by atoms with Gasteiger partial charge in [-0.25, -0.2) is 24.6 Å². The van der Waals surface area contributed by atoms with Gasteiger partial charge in [0.05, 0.1) is 43.1 Å². The highest BCUT2D eigenvalue weighted by molar-refractivity contribution is 5.70. The summed E-state index contributed by atoms with van der Waals surface area (Å²) in [5, 5.41) is 12.8. The third kappa shape index (κ3) is 5.05. The molecule has 0 bridgehead atoms. The van der Waals surface area contributed by atoms with Crippen LogP contribution in [0.25, 0.3) is 33.9 Å². The molecule has 0 radical (unpaired) electrons. The normalized spacial score (nSPS) is 12.4. The van der Waals surface area contributed by atoms with E-state index in [1.54, 1.807) is 34.2 Å². The first-order valence-electron chi connectivity index (χ1n) is 11.7. The summed E-state index contributed by atoms with van der Waals surface area (Å²) in [5.41, 5.74) is 4.65. The van der Waals surface area contributed by atoms with Gasteiger partial charge >= 0.3 is 0 Å². The van der Waals surface area contributed by atoms with Crippen molar-refractivity contribution in [3.63, 3.8) is 0 Å². The molecule has 4 aromatic heterocycles. The summed E-state index contributed by atoms with van der Waals surface area (Å²) in [6.45, 7) is 3.66. The number of hydrogen-bond acceptors (Lipinski definition) is 9. The Labute approximate surface area is 208 Å². The van der Waals surface area contributed by atoms with Gasteiger partial charge in [0.25, 0.3) is 0 Å². The van der Waals surface area contributed by atoms with Crippen LogP contribution in [0.3, 0.4) is 0 Å². The van der Waals surface area contributed by atoms with Crippen molar-refractivity contribution in [2.75, 3.05) is 27.2 Å². The fraction of sp³-hybridized carbons (Fsp3) is 0.320. The van der Waals surface area contributed by atoms with Crippen molar-refractivity contribution >= 4 is 11.3 Å². The molecular weight excluding hydrogens is 456 g/mol. The van der Waals surface area contributed by atoms with Gasteiger partial charge in [0.1, 0.15) is 0 Å². The van der Waals surface area contributed by atoms with E-state index in [-0.39, 0.29) is 6.04 Å². The Morgan fingerprint density at radius 2 is 1.86 bits per heavy atom. The van der Waals surface area contributed by atoms with Crippen LogP contribution < -0.4 is 4.74 Å². The molecule has 0 aliphatic heterocycles. The minimum atomic E-state index is -0.132. The highest BCUT2D eigenvalue weighted by Crippen LogP contribution is 2.26. The second-order valence-corrected chi connectivity index (χ2v) is 8.89. The van der Waals surface area contributed by atoms with Gasteiger partial charge in [-0.3, -0.25) is 4.68 Å². The summed E-state index contributed by atoms with van der Waals surface area (Å²) in [6.07, 6.45) is 9.73. The Kier molecular flexibility index (Phi) is 6.63. The summed E-state index contributed by atoms with van der Waals surface area (Å²) in [7, 11) is 5.96. The molecule has 1 aromatic carbocycles. The molecule has 0 aliphatic rings. The van der Waals surface area contributed by atoms with Crippen LogP contribution >= 0.6 is 0 Å². The molecule has 0 saturated carbocycles. The van der Waals surface area contributed by atoms with Gasteiger partial charge in [-0.15, -0.1) is 5.10 Å². The van der Waals surface area contributed by atoms with Crippen molar-refractivity contribution in [2.24, 2.45) is 7.05 Å². The van der Waals surface area contributed by atoms with Crippen LogP contribution in [-0.2, 0) is 7.05 Å². The van der Waals surface area contributed by atoms with Crippen LogP contribution in [0.4, 0.5) is 0 Å². The van der Waals surface area contributed by atoms with Crippen molar-refractivity contribution in [1.29, 1.82) is 0 Å². The quantitative estimate of drug-likeness (QED) is 0.291. The molecule has 5 rings (SSSR count). The Hall–Kier alpha value is -4.25. The highest BCUT2D eigenvalue weighted by atomic mass is 16.5. The lowest BCUT2D eigenvalue weighted by Crippen LogP contribution is -2.15. The first-order valence-corrected chi connectivity index (χ1v) is 11.7. The molecule has 1 unspecified atom stereocenters. The first kappa shape index (κ1) is 23.5. The lowest BCUT2D eigenvalue weighted by molar-refractivity contribution is 0.280. The Morgan fingerprint density at radius 1 is 1.03 bits per heavy atom. The number of rotatable bonds is 9. The van der Waals surface area contributed by atoms with Gasteiger partial charge < -0.3 is 9.64 Å². The third-order valence-electron chi connectivity index (χ3n) is 5.83. The van der Waals surface area contributed by atoms with Crippen molar-refractivity contribution in [3.8, 4) is 28.4 Å². The van der Waals surface area contributed by atoms with Crippen LogP contribution in [0.15, 0.2) is 55.2 Å². The number of aromatic nitrogens is 9. The Morgan fingerprint density at radius 3 is 2.61 bits per heavy atom. The standard InChI is InChI=1S/C25H28N10O/c1-17(35-25-24(31-32-35)28-15-22(30-25)20-12-29-34(4)16-20)18-7-5-8-19(11-18)23-26-13-21(14-27-23)36-10-6-9-33(2)3/h5,7-8,11-17H,6,9-10H2,1-4H3. The summed E-state index contributed by atoms with van der Waals surface area (Å²) < 4.78 is 9.27. The predicted octanol–water partition coefficient (Wildman–Crippen LogP) is 3.02. The van der Waals surface area contributed by atoms with Gasteiger partial charge in [0.2, 0.25) is 5.65 Å². The molecule has 4 heterocycles. The monoisotopic (exact) mass is 484 g/mol. The predicted molar refractivity (Wildman–Crippen MR) is 135 cm³/mol. The van der Waals surface area contributed by atoms with E-state index < -0.39 is 0 Å². The molecule has 0 spiro atoms. The first-order chi connectivity index (χ1) is 17.5. The van der Waals surface area contributed by atoms with Gasteiger partial charge in [-0.05, 0) is 39.1 Å². The average molecular weight is 485 g/mol. The molecule has 184 valence electrons. The molecule has 1 atom stereocenters. The summed E-state index contributed by atoms with van der Waals surface area (Å²) in [5.74, 6) is 1.30. The molecule has 0 N–H and O–H groups in total. The maximum absolute atomic E-state index is 5.75. The van der Waals surface area contributed by atoms with Gasteiger partial charge in [0.15, 0.2) is 17.2 Å². The van der Waals surface area contributed by atoms with Crippen molar-refractivity contribution in [1.82, 2.24) is 49.6 Å². The summed E-state index contributed by atoms with van der Waals surface area (Å²) in [6, 6.07) is 7.95. The largest absolute Gasteiger partial charge is 0.490 e. The van der Waals surface area contributed by atoms with Crippen LogP contribution in [0, 0.1) is 0 Å². The zero-order chi connectivity index (χ0) is 25.1. The van der Waals surface area contributed by atoms with E-state index in [0.717, 1.165) is 35.3 Å². The number of hydrogen-bond donors (Lipinski definition) is 0. The molecular formula is C25H28N10O. The van der Waals surface area contributed by atoms with Crippen LogP contribution in [0.5, 0.6) is 5.75 Å². The van der Waals surface area contributed by atoms with E-state index in [1.807, 2.05) is 45.5 Å². The highest BCUT2D eigenvalue weighted by Gasteiger charge is 2.17. The molecule has 11 nitrogen and oxygen atoms in total.